The molecule has 0 saturated heterocycles. The highest BCUT2D eigenvalue weighted by Gasteiger charge is 2.14. The van der Waals surface area contributed by atoms with Crippen LogP contribution in [0.5, 0.6) is 0 Å². The van der Waals surface area contributed by atoms with E-state index in [0.717, 1.165) is 16.7 Å². The molecule has 0 aliphatic carbocycles. The van der Waals surface area contributed by atoms with Crippen LogP contribution >= 0.6 is 11.3 Å². The van der Waals surface area contributed by atoms with Gasteiger partial charge in [-0.15, -0.1) is 0 Å². The van der Waals surface area contributed by atoms with Crippen molar-refractivity contribution < 1.29 is 14.7 Å². The molecule has 3 rings (SSSR count). The van der Waals surface area contributed by atoms with Gasteiger partial charge in [0.2, 0.25) is 0 Å². The first-order chi connectivity index (χ1) is 14.5. The lowest BCUT2D eigenvalue weighted by atomic mass is 10.1. The maximum Gasteiger partial charge on any atom is 0.318 e. The maximum atomic E-state index is 12.5. The van der Waals surface area contributed by atoms with Crippen molar-refractivity contribution in [1.82, 2.24) is 10.2 Å². The average Bonchev–Trinajstić information content (AvgIpc) is 3.25. The van der Waals surface area contributed by atoms with Crippen molar-refractivity contribution in [1.29, 1.82) is 0 Å². The van der Waals surface area contributed by atoms with Gasteiger partial charge in [0.1, 0.15) is 0 Å². The number of hydrogen-bond acceptors (Lipinski definition) is 4. The predicted octanol–water partition coefficient (Wildman–Crippen LogP) is 4.01. The summed E-state index contributed by atoms with van der Waals surface area (Å²) in [4.78, 5) is 26.5. The molecule has 156 valence electrons. The maximum absolute atomic E-state index is 12.5. The molecule has 0 unspecified atom stereocenters. The number of aliphatic hydroxyl groups is 1. The van der Waals surface area contributed by atoms with E-state index in [1.165, 1.54) is 0 Å². The van der Waals surface area contributed by atoms with Gasteiger partial charge in [0.25, 0.3) is 5.91 Å². The van der Waals surface area contributed by atoms with Crippen LogP contribution in [0.3, 0.4) is 0 Å². The van der Waals surface area contributed by atoms with E-state index >= 15 is 0 Å². The Balaban J connectivity index is 1.58. The van der Waals surface area contributed by atoms with E-state index in [-0.39, 0.29) is 25.1 Å². The van der Waals surface area contributed by atoms with E-state index in [0.29, 0.717) is 24.3 Å². The van der Waals surface area contributed by atoms with Gasteiger partial charge in [-0.2, -0.15) is 11.3 Å². The Labute approximate surface area is 180 Å². The number of anilines is 1. The zero-order valence-electron chi connectivity index (χ0n) is 16.8. The molecule has 1 aromatic heterocycles. The van der Waals surface area contributed by atoms with E-state index in [1.807, 2.05) is 60.1 Å². The topological polar surface area (TPSA) is 81.7 Å². The summed E-state index contributed by atoms with van der Waals surface area (Å²) in [6, 6.07) is 16.5. The van der Waals surface area contributed by atoms with Gasteiger partial charge in [-0.1, -0.05) is 29.8 Å². The Kier molecular flexibility index (Phi) is 7.59. The average molecular weight is 424 g/mol. The number of rotatable bonds is 8. The summed E-state index contributed by atoms with van der Waals surface area (Å²) in [5.41, 5.74) is 4.25. The Morgan fingerprint density at radius 3 is 2.57 bits per heavy atom. The van der Waals surface area contributed by atoms with E-state index in [1.54, 1.807) is 28.4 Å². The van der Waals surface area contributed by atoms with Crippen molar-refractivity contribution in [2.45, 2.75) is 20.0 Å². The minimum absolute atomic E-state index is 0.0991. The van der Waals surface area contributed by atoms with Crippen molar-refractivity contribution >= 4 is 29.0 Å². The second-order valence-electron chi connectivity index (χ2n) is 6.96. The van der Waals surface area contributed by atoms with Crippen LogP contribution in [-0.2, 0) is 13.1 Å². The van der Waals surface area contributed by atoms with Crippen LogP contribution < -0.4 is 10.6 Å². The van der Waals surface area contributed by atoms with Crippen LogP contribution in [0.4, 0.5) is 10.5 Å². The van der Waals surface area contributed by atoms with Gasteiger partial charge in [0.15, 0.2) is 0 Å². The predicted molar refractivity (Wildman–Crippen MR) is 120 cm³/mol. The second kappa shape index (κ2) is 10.6. The second-order valence-corrected chi connectivity index (χ2v) is 7.74. The number of hydrogen-bond donors (Lipinski definition) is 3. The highest BCUT2D eigenvalue weighted by atomic mass is 32.1. The van der Waals surface area contributed by atoms with Crippen LogP contribution in [0.15, 0.2) is 65.4 Å². The van der Waals surface area contributed by atoms with Crippen molar-refractivity contribution in [3.63, 3.8) is 0 Å². The monoisotopic (exact) mass is 423 g/mol. The number of urea groups is 1. The molecule has 3 amide bonds. The number of benzene rings is 2. The fourth-order valence-electron chi connectivity index (χ4n) is 2.93. The molecule has 0 aliphatic heterocycles. The number of aliphatic hydroxyl groups excluding tert-OH is 1. The summed E-state index contributed by atoms with van der Waals surface area (Å²) >= 11 is 1.57. The van der Waals surface area contributed by atoms with Crippen LogP contribution in [-0.4, -0.2) is 35.1 Å². The molecule has 3 N–H and O–H groups in total. The smallest absolute Gasteiger partial charge is 0.318 e. The molecular formula is C23H25N3O3S. The number of nitrogens with zero attached hydrogens (tertiary/aromatic N) is 1. The minimum Gasteiger partial charge on any atom is -0.395 e. The molecule has 0 fully saturated rings. The van der Waals surface area contributed by atoms with Gasteiger partial charge < -0.3 is 20.6 Å². The number of thiophene rings is 1. The van der Waals surface area contributed by atoms with Crippen LogP contribution in [0.2, 0.25) is 0 Å². The Morgan fingerprint density at radius 2 is 1.87 bits per heavy atom. The molecule has 30 heavy (non-hydrogen) atoms. The van der Waals surface area contributed by atoms with E-state index in [9.17, 15) is 14.7 Å². The largest absolute Gasteiger partial charge is 0.395 e. The van der Waals surface area contributed by atoms with Crippen molar-refractivity contribution in [2.75, 3.05) is 18.5 Å². The first kappa shape index (κ1) is 21.5. The molecule has 7 heteroatoms. The van der Waals surface area contributed by atoms with E-state index in [4.69, 9.17) is 0 Å². The Hall–Kier alpha value is -3.16. The fourth-order valence-corrected chi connectivity index (χ4v) is 3.59. The summed E-state index contributed by atoms with van der Waals surface area (Å²) in [6.07, 6.45) is 0. The van der Waals surface area contributed by atoms with Gasteiger partial charge >= 0.3 is 6.03 Å². The van der Waals surface area contributed by atoms with E-state index in [2.05, 4.69) is 10.6 Å². The molecular weight excluding hydrogens is 398 g/mol. The van der Waals surface area contributed by atoms with Gasteiger partial charge in [-0.3, -0.25) is 4.79 Å². The molecule has 0 radical (unpaired) electrons. The SMILES string of the molecule is Cc1ccc(C(=O)Nc2cccc(CNC(=O)N(CCO)Cc3ccsc3)c2)cc1. The molecule has 1 heterocycles. The van der Waals surface area contributed by atoms with Gasteiger partial charge in [-0.05, 0) is 59.1 Å². The summed E-state index contributed by atoms with van der Waals surface area (Å²) in [7, 11) is 0. The number of nitrogens with one attached hydrogen (secondary N) is 2. The lowest BCUT2D eigenvalue weighted by Gasteiger charge is -2.22. The first-order valence-electron chi connectivity index (χ1n) is 9.67. The lowest BCUT2D eigenvalue weighted by Crippen LogP contribution is -2.40. The fraction of sp³-hybridized carbons (Fsp3) is 0.217. The van der Waals surface area contributed by atoms with Gasteiger partial charge in [0.05, 0.1) is 6.61 Å². The number of carbonyl (C=O) groups is 2. The molecule has 0 aliphatic rings. The molecule has 0 atom stereocenters. The van der Waals surface area contributed by atoms with Crippen molar-refractivity contribution in [2.24, 2.45) is 0 Å². The molecule has 2 aromatic carbocycles. The highest BCUT2D eigenvalue weighted by Crippen LogP contribution is 2.14. The Bertz CT molecular complexity index is 972. The third kappa shape index (κ3) is 6.17. The summed E-state index contributed by atoms with van der Waals surface area (Å²) in [5, 5.41) is 19.0. The van der Waals surface area contributed by atoms with Crippen molar-refractivity contribution in [3.05, 3.63) is 87.6 Å². The summed E-state index contributed by atoms with van der Waals surface area (Å²) in [5.74, 6) is -0.180. The van der Waals surface area contributed by atoms with Gasteiger partial charge in [-0.25, -0.2) is 4.79 Å². The summed E-state index contributed by atoms with van der Waals surface area (Å²) in [6.45, 7) is 2.90. The van der Waals surface area contributed by atoms with Crippen molar-refractivity contribution in [3.8, 4) is 0 Å². The minimum atomic E-state index is -0.246. The number of carbonyl (C=O) groups excluding carboxylic acids is 2. The highest BCUT2D eigenvalue weighted by molar-refractivity contribution is 7.07. The molecule has 0 spiro atoms. The third-order valence-electron chi connectivity index (χ3n) is 4.55. The summed E-state index contributed by atoms with van der Waals surface area (Å²) < 4.78 is 0. The zero-order valence-corrected chi connectivity index (χ0v) is 17.6. The number of amides is 3. The third-order valence-corrected chi connectivity index (χ3v) is 5.29. The van der Waals surface area contributed by atoms with Gasteiger partial charge in [0, 0.05) is 30.9 Å². The molecule has 3 aromatic rings. The van der Waals surface area contributed by atoms with Crippen LogP contribution in [0.25, 0.3) is 0 Å². The molecule has 0 saturated carbocycles. The molecule has 6 nitrogen and oxygen atoms in total. The quantitative estimate of drug-likeness (QED) is 0.512. The lowest BCUT2D eigenvalue weighted by molar-refractivity contribution is 0.102. The Morgan fingerprint density at radius 1 is 1.07 bits per heavy atom. The van der Waals surface area contributed by atoms with Crippen LogP contribution in [0, 0.1) is 6.92 Å². The normalized spacial score (nSPS) is 10.5. The van der Waals surface area contributed by atoms with Crippen LogP contribution in [0.1, 0.15) is 27.0 Å². The standard InChI is InChI=1S/C23H25N3O3S/c1-17-5-7-20(8-6-17)22(28)25-21-4-2-3-18(13-21)14-24-23(29)26(10-11-27)15-19-9-12-30-16-19/h2-9,12-13,16,27H,10-11,14-15H2,1H3,(H,24,29)(H,25,28). The number of aryl methyl sites for hydroxylation is 1. The zero-order chi connectivity index (χ0) is 21.3. The van der Waals surface area contributed by atoms with E-state index < -0.39 is 0 Å². The first-order valence-corrected chi connectivity index (χ1v) is 10.6. The molecule has 0 bridgehead atoms.